The van der Waals surface area contributed by atoms with E-state index in [1.165, 1.54) is 4.68 Å². The highest BCUT2D eigenvalue weighted by molar-refractivity contribution is 5.83. The largest absolute Gasteiger partial charge is 0.350 e. The maximum Gasteiger partial charge on any atom is 0.295 e. The zero-order valence-electron chi connectivity index (χ0n) is 18.1. The average molecular weight is 415 g/mol. The van der Waals surface area contributed by atoms with Crippen LogP contribution in [0.15, 0.2) is 53.3 Å². The van der Waals surface area contributed by atoms with Gasteiger partial charge >= 0.3 is 0 Å². The van der Waals surface area contributed by atoms with Crippen LogP contribution in [0.25, 0.3) is 16.6 Å². The molecule has 0 radical (unpaired) electrons. The highest BCUT2D eigenvalue weighted by Crippen LogP contribution is 2.21. The topological polar surface area (TPSA) is 81.8 Å². The van der Waals surface area contributed by atoms with Crippen LogP contribution in [0.3, 0.4) is 0 Å². The number of fused-ring (bicyclic) bond motifs is 1. The Bertz CT molecular complexity index is 1330. The predicted molar refractivity (Wildman–Crippen MR) is 120 cm³/mol. The molecular formula is C24H25N5O2. The zero-order chi connectivity index (χ0) is 22.1. The molecule has 0 spiro atoms. The fourth-order valence-corrected chi connectivity index (χ4v) is 3.72. The summed E-state index contributed by atoms with van der Waals surface area (Å²) in [5, 5.41) is 12.5. The summed E-state index contributed by atoms with van der Waals surface area (Å²) < 4.78 is 2.94. The molecule has 0 fully saturated rings. The van der Waals surface area contributed by atoms with Gasteiger partial charge in [0.2, 0.25) is 5.91 Å². The smallest absolute Gasteiger partial charge is 0.295 e. The lowest BCUT2D eigenvalue weighted by Gasteiger charge is -2.09. The Labute approximate surface area is 180 Å². The number of hydrogen-bond acceptors (Lipinski definition) is 4. The molecule has 2 heterocycles. The first-order chi connectivity index (χ1) is 14.8. The van der Waals surface area contributed by atoms with E-state index in [1.807, 2.05) is 76.2 Å². The van der Waals surface area contributed by atoms with Crippen LogP contribution in [0.4, 0.5) is 0 Å². The van der Waals surface area contributed by atoms with Crippen molar-refractivity contribution in [2.75, 3.05) is 0 Å². The second-order valence-corrected chi connectivity index (χ2v) is 7.81. The number of hydrogen-bond donors (Lipinski definition) is 1. The summed E-state index contributed by atoms with van der Waals surface area (Å²) in [7, 11) is 0. The molecule has 0 bridgehead atoms. The summed E-state index contributed by atoms with van der Waals surface area (Å²) in [6, 6.07) is 15.8. The van der Waals surface area contributed by atoms with Crippen molar-refractivity contribution in [1.82, 2.24) is 24.9 Å². The number of carbonyl (C=O) groups is 1. The third-order valence-corrected chi connectivity index (χ3v) is 5.50. The molecule has 0 unspecified atom stereocenters. The van der Waals surface area contributed by atoms with Crippen LogP contribution in [-0.2, 0) is 17.9 Å². The lowest BCUT2D eigenvalue weighted by atomic mass is 10.1. The molecule has 0 atom stereocenters. The van der Waals surface area contributed by atoms with Gasteiger partial charge in [-0.1, -0.05) is 42.0 Å². The van der Waals surface area contributed by atoms with E-state index >= 15 is 0 Å². The number of amides is 1. The lowest BCUT2D eigenvalue weighted by molar-refractivity contribution is -0.122. The van der Waals surface area contributed by atoms with Crippen molar-refractivity contribution in [1.29, 1.82) is 0 Å². The summed E-state index contributed by atoms with van der Waals surface area (Å²) in [6.45, 7) is 8.02. The minimum atomic E-state index is -0.374. The van der Waals surface area contributed by atoms with Crippen LogP contribution in [0, 0.1) is 27.7 Å². The van der Waals surface area contributed by atoms with Crippen molar-refractivity contribution < 1.29 is 4.79 Å². The molecule has 1 N–H and O–H groups in total. The van der Waals surface area contributed by atoms with E-state index in [-0.39, 0.29) is 18.0 Å². The van der Waals surface area contributed by atoms with Crippen molar-refractivity contribution in [3.05, 3.63) is 87.0 Å². The predicted octanol–water partition coefficient (Wildman–Crippen LogP) is 3.13. The van der Waals surface area contributed by atoms with Crippen molar-refractivity contribution in [3.8, 4) is 5.69 Å². The van der Waals surface area contributed by atoms with E-state index in [4.69, 9.17) is 0 Å². The Morgan fingerprint density at radius 1 is 0.968 bits per heavy atom. The van der Waals surface area contributed by atoms with Gasteiger partial charge < -0.3 is 5.32 Å². The van der Waals surface area contributed by atoms with Gasteiger partial charge in [0.25, 0.3) is 5.56 Å². The maximum absolute atomic E-state index is 13.0. The molecule has 0 aliphatic rings. The lowest BCUT2D eigenvalue weighted by Crippen LogP contribution is -2.34. The van der Waals surface area contributed by atoms with Crippen molar-refractivity contribution >= 4 is 16.8 Å². The highest BCUT2D eigenvalue weighted by atomic mass is 16.2. The van der Waals surface area contributed by atoms with Gasteiger partial charge in [0.1, 0.15) is 6.54 Å². The number of benzene rings is 2. The minimum Gasteiger partial charge on any atom is -0.350 e. The fraction of sp³-hybridized carbons (Fsp3) is 0.250. The number of aromatic nitrogens is 4. The van der Waals surface area contributed by atoms with Gasteiger partial charge in [0, 0.05) is 6.54 Å². The molecular weight excluding hydrogens is 390 g/mol. The standard InChI is InChI=1S/C24H25N5O2/c1-15-9-11-20(12-10-15)29-18(4)22-17(3)26-28(24(31)23(22)27-29)14-21(30)25-13-19-8-6-5-7-16(19)2/h5-12H,13-14H2,1-4H3,(H,25,30). The molecule has 2 aromatic carbocycles. The molecule has 2 aromatic heterocycles. The van der Waals surface area contributed by atoms with Crippen molar-refractivity contribution in [2.45, 2.75) is 40.8 Å². The summed E-state index contributed by atoms with van der Waals surface area (Å²) in [5.41, 5.74) is 5.62. The van der Waals surface area contributed by atoms with Gasteiger partial charge in [-0.3, -0.25) is 9.59 Å². The molecule has 31 heavy (non-hydrogen) atoms. The first-order valence-electron chi connectivity index (χ1n) is 10.2. The highest BCUT2D eigenvalue weighted by Gasteiger charge is 2.18. The van der Waals surface area contributed by atoms with Gasteiger partial charge in [0.15, 0.2) is 5.52 Å². The first kappa shape index (κ1) is 20.5. The van der Waals surface area contributed by atoms with Crippen LogP contribution in [-0.4, -0.2) is 25.5 Å². The second kappa shape index (κ2) is 8.18. The van der Waals surface area contributed by atoms with E-state index in [9.17, 15) is 9.59 Å². The van der Waals surface area contributed by atoms with Crippen LogP contribution in [0.1, 0.15) is 28.1 Å². The Balaban J connectivity index is 1.63. The van der Waals surface area contributed by atoms with Crippen LogP contribution in [0.5, 0.6) is 0 Å². The van der Waals surface area contributed by atoms with Crippen LogP contribution >= 0.6 is 0 Å². The SMILES string of the molecule is Cc1ccc(-n2nc3c(=O)n(CC(=O)NCc4ccccc4C)nc(C)c3c2C)cc1. The van der Waals surface area contributed by atoms with Crippen LogP contribution < -0.4 is 10.9 Å². The second-order valence-electron chi connectivity index (χ2n) is 7.81. The fourth-order valence-electron chi connectivity index (χ4n) is 3.72. The van der Waals surface area contributed by atoms with E-state index in [0.717, 1.165) is 33.5 Å². The Morgan fingerprint density at radius 2 is 1.68 bits per heavy atom. The van der Waals surface area contributed by atoms with Gasteiger partial charge in [-0.15, -0.1) is 0 Å². The first-order valence-corrected chi connectivity index (χ1v) is 10.2. The molecule has 1 amide bonds. The monoisotopic (exact) mass is 415 g/mol. The van der Waals surface area contributed by atoms with E-state index < -0.39 is 0 Å². The zero-order valence-corrected chi connectivity index (χ0v) is 18.1. The molecule has 7 nitrogen and oxygen atoms in total. The third-order valence-electron chi connectivity index (χ3n) is 5.50. The molecule has 4 aromatic rings. The molecule has 7 heteroatoms. The van der Waals surface area contributed by atoms with Gasteiger partial charge in [0.05, 0.1) is 22.5 Å². The van der Waals surface area contributed by atoms with E-state index in [0.29, 0.717) is 17.8 Å². The molecule has 0 saturated heterocycles. The number of carbonyl (C=O) groups excluding carboxylic acids is 1. The van der Waals surface area contributed by atoms with E-state index in [2.05, 4.69) is 15.5 Å². The Kier molecular flexibility index (Phi) is 5.42. The molecule has 0 aliphatic heterocycles. The van der Waals surface area contributed by atoms with Gasteiger partial charge in [-0.2, -0.15) is 10.2 Å². The maximum atomic E-state index is 13.0. The quantitative estimate of drug-likeness (QED) is 0.543. The molecule has 4 rings (SSSR count). The number of aryl methyl sites for hydroxylation is 4. The summed E-state index contributed by atoms with van der Waals surface area (Å²) in [6.07, 6.45) is 0. The molecule has 0 saturated carbocycles. The number of rotatable bonds is 5. The van der Waals surface area contributed by atoms with Gasteiger partial charge in [-0.25, -0.2) is 9.36 Å². The molecule has 0 aliphatic carbocycles. The Hall–Kier alpha value is -3.74. The van der Waals surface area contributed by atoms with Crippen molar-refractivity contribution in [3.63, 3.8) is 0 Å². The average Bonchev–Trinajstić information content (AvgIpc) is 3.10. The Morgan fingerprint density at radius 3 is 2.39 bits per heavy atom. The van der Waals surface area contributed by atoms with E-state index in [1.54, 1.807) is 4.68 Å². The third kappa shape index (κ3) is 3.99. The summed E-state index contributed by atoms with van der Waals surface area (Å²) >= 11 is 0. The van der Waals surface area contributed by atoms with Gasteiger partial charge in [-0.05, 0) is 51.0 Å². The number of nitrogens with zero attached hydrogens (tertiary/aromatic N) is 4. The normalized spacial score (nSPS) is 11.1. The molecule has 158 valence electrons. The van der Waals surface area contributed by atoms with Crippen molar-refractivity contribution in [2.24, 2.45) is 0 Å². The van der Waals surface area contributed by atoms with Crippen LogP contribution in [0.2, 0.25) is 0 Å². The minimum absolute atomic E-state index is 0.155. The summed E-state index contributed by atoms with van der Waals surface area (Å²) in [4.78, 5) is 25.5. The summed E-state index contributed by atoms with van der Waals surface area (Å²) in [5.74, 6) is -0.272. The number of nitrogens with one attached hydrogen (secondary N) is 1.